The van der Waals surface area contributed by atoms with Gasteiger partial charge in [-0.2, -0.15) is 9.78 Å². The number of para-hydroxylation sites is 1. The lowest BCUT2D eigenvalue weighted by Crippen LogP contribution is -2.22. The van der Waals surface area contributed by atoms with Crippen LogP contribution < -0.4 is 20.3 Å². The Morgan fingerprint density at radius 3 is 2.52 bits per heavy atom. The van der Waals surface area contributed by atoms with Gasteiger partial charge < -0.3 is 14.8 Å². The van der Waals surface area contributed by atoms with Gasteiger partial charge in [0.05, 0.1) is 36.7 Å². The number of hydrogen-bond acceptors (Lipinski definition) is 7. The van der Waals surface area contributed by atoms with Gasteiger partial charge in [0, 0.05) is 24.2 Å². The second kappa shape index (κ2) is 8.61. The molecule has 1 heterocycles. The molecule has 0 saturated heterocycles. The summed E-state index contributed by atoms with van der Waals surface area (Å²) in [6.45, 7) is 0.322. The highest BCUT2D eigenvalue weighted by Gasteiger charge is 2.14. The molecule has 0 atom stereocenters. The molecule has 1 aromatic heterocycles. The van der Waals surface area contributed by atoms with E-state index in [9.17, 15) is 14.9 Å². The zero-order valence-electron chi connectivity index (χ0n) is 15.6. The molecule has 1 N–H and O–H groups in total. The first-order valence-electron chi connectivity index (χ1n) is 8.42. The molecule has 3 aromatic rings. The Morgan fingerprint density at radius 2 is 1.90 bits per heavy atom. The molecule has 29 heavy (non-hydrogen) atoms. The highest BCUT2D eigenvalue weighted by molar-refractivity contribution is 6.32. The summed E-state index contributed by atoms with van der Waals surface area (Å²) < 4.78 is 11.7. The number of methoxy groups -OCH3 is 2. The van der Waals surface area contributed by atoms with Crippen molar-refractivity contribution >= 4 is 23.0 Å². The van der Waals surface area contributed by atoms with Crippen LogP contribution in [0.25, 0.3) is 5.69 Å². The van der Waals surface area contributed by atoms with Crippen LogP contribution in [0, 0.1) is 10.1 Å². The van der Waals surface area contributed by atoms with E-state index in [-0.39, 0.29) is 10.7 Å². The fourth-order valence-electron chi connectivity index (χ4n) is 2.74. The lowest BCUT2D eigenvalue weighted by atomic mass is 10.2. The van der Waals surface area contributed by atoms with Gasteiger partial charge in [0.1, 0.15) is 5.02 Å². The minimum Gasteiger partial charge on any atom is -0.493 e. The standard InChI is InChI=1S/C19H17ClN4O5/c1-28-16-5-3-4-12(18(16)29-2)10-21-15-11-22-23(19(25)17(15)20)13-6-8-14(9-7-13)24(26)27/h3-9,11,21H,10H2,1-2H3. The quantitative estimate of drug-likeness (QED) is 0.464. The van der Waals surface area contributed by atoms with E-state index in [0.717, 1.165) is 10.2 Å². The van der Waals surface area contributed by atoms with Crippen LogP contribution in [0.2, 0.25) is 5.02 Å². The number of nitro groups is 1. The molecule has 3 rings (SSSR count). The largest absolute Gasteiger partial charge is 0.493 e. The van der Waals surface area contributed by atoms with Crippen LogP contribution in [0.15, 0.2) is 53.5 Å². The minimum absolute atomic E-state index is 0.0554. The number of nitro benzene ring substituents is 1. The van der Waals surface area contributed by atoms with E-state index in [1.165, 1.54) is 30.5 Å². The van der Waals surface area contributed by atoms with Gasteiger partial charge in [-0.3, -0.25) is 14.9 Å². The fourth-order valence-corrected chi connectivity index (χ4v) is 2.93. The third-order valence-electron chi connectivity index (χ3n) is 4.18. The summed E-state index contributed by atoms with van der Waals surface area (Å²) in [5.74, 6) is 1.16. The van der Waals surface area contributed by atoms with Crippen molar-refractivity contribution in [1.29, 1.82) is 0 Å². The van der Waals surface area contributed by atoms with E-state index in [0.29, 0.717) is 29.4 Å². The van der Waals surface area contributed by atoms with Gasteiger partial charge in [0.15, 0.2) is 11.5 Å². The van der Waals surface area contributed by atoms with Gasteiger partial charge in [-0.25, -0.2) is 0 Å². The second-order valence-corrected chi connectivity index (χ2v) is 6.25. The zero-order chi connectivity index (χ0) is 21.0. The normalized spacial score (nSPS) is 10.4. The van der Waals surface area contributed by atoms with Crippen molar-refractivity contribution in [3.05, 3.63) is 79.7 Å². The summed E-state index contributed by atoms with van der Waals surface area (Å²) in [4.78, 5) is 22.8. The van der Waals surface area contributed by atoms with Crippen LogP contribution in [0.1, 0.15) is 5.56 Å². The van der Waals surface area contributed by atoms with Gasteiger partial charge in [-0.05, 0) is 18.2 Å². The van der Waals surface area contributed by atoms with Gasteiger partial charge in [-0.1, -0.05) is 23.7 Å². The van der Waals surface area contributed by atoms with Crippen molar-refractivity contribution in [3.63, 3.8) is 0 Å². The Balaban J connectivity index is 1.85. The summed E-state index contributed by atoms with van der Waals surface area (Å²) in [6, 6.07) is 10.9. The van der Waals surface area contributed by atoms with Crippen molar-refractivity contribution in [1.82, 2.24) is 9.78 Å². The smallest absolute Gasteiger partial charge is 0.292 e. The highest BCUT2D eigenvalue weighted by Crippen LogP contribution is 2.31. The number of benzene rings is 2. The van der Waals surface area contributed by atoms with Crippen molar-refractivity contribution in [2.24, 2.45) is 0 Å². The Morgan fingerprint density at radius 1 is 1.17 bits per heavy atom. The Kier molecular flexibility index (Phi) is 5.99. The highest BCUT2D eigenvalue weighted by atomic mass is 35.5. The summed E-state index contributed by atoms with van der Waals surface area (Å²) in [7, 11) is 3.09. The first kappa shape index (κ1) is 20.2. The Labute approximate surface area is 170 Å². The number of aromatic nitrogens is 2. The van der Waals surface area contributed by atoms with Crippen LogP contribution in [0.5, 0.6) is 11.5 Å². The minimum atomic E-state index is -0.553. The Bertz CT molecular complexity index is 1100. The monoisotopic (exact) mass is 416 g/mol. The average Bonchev–Trinajstić information content (AvgIpc) is 2.74. The van der Waals surface area contributed by atoms with Crippen LogP contribution in [-0.2, 0) is 6.54 Å². The van der Waals surface area contributed by atoms with Gasteiger partial charge in [0.2, 0.25) is 0 Å². The summed E-state index contributed by atoms with van der Waals surface area (Å²) in [5.41, 5.74) is 0.882. The molecule has 0 saturated carbocycles. The SMILES string of the molecule is COc1cccc(CNc2cnn(-c3ccc([N+](=O)[O-])cc3)c(=O)c2Cl)c1OC. The van der Waals surface area contributed by atoms with Crippen LogP contribution in [0.4, 0.5) is 11.4 Å². The molecule has 0 aliphatic rings. The molecule has 0 aliphatic carbocycles. The van der Waals surface area contributed by atoms with E-state index in [4.69, 9.17) is 21.1 Å². The molecule has 0 amide bonds. The number of nitrogens with zero attached hydrogens (tertiary/aromatic N) is 3. The number of hydrogen-bond donors (Lipinski definition) is 1. The maximum absolute atomic E-state index is 12.6. The number of rotatable bonds is 7. The second-order valence-electron chi connectivity index (χ2n) is 5.87. The molecule has 10 heteroatoms. The predicted octanol–water partition coefficient (Wildman–Crippen LogP) is 3.42. The first-order valence-corrected chi connectivity index (χ1v) is 8.80. The zero-order valence-corrected chi connectivity index (χ0v) is 16.3. The molecule has 0 fully saturated rings. The third kappa shape index (κ3) is 4.14. The number of ether oxygens (including phenoxy) is 2. The van der Waals surface area contributed by atoms with Gasteiger partial charge >= 0.3 is 0 Å². The lowest BCUT2D eigenvalue weighted by Gasteiger charge is -2.14. The topological polar surface area (TPSA) is 109 Å². The van der Waals surface area contributed by atoms with Crippen molar-refractivity contribution < 1.29 is 14.4 Å². The molecule has 150 valence electrons. The molecular formula is C19H17ClN4O5. The molecule has 0 bridgehead atoms. The average molecular weight is 417 g/mol. The molecule has 2 aromatic carbocycles. The maximum atomic E-state index is 12.6. The van der Waals surface area contributed by atoms with Crippen molar-refractivity contribution in [3.8, 4) is 17.2 Å². The lowest BCUT2D eigenvalue weighted by molar-refractivity contribution is -0.384. The van der Waals surface area contributed by atoms with E-state index in [2.05, 4.69) is 10.4 Å². The maximum Gasteiger partial charge on any atom is 0.292 e. The molecule has 0 unspecified atom stereocenters. The summed E-state index contributed by atoms with van der Waals surface area (Å²) in [5, 5.41) is 17.9. The molecule has 0 aliphatic heterocycles. The van der Waals surface area contributed by atoms with Crippen molar-refractivity contribution in [2.45, 2.75) is 6.54 Å². The molecule has 0 radical (unpaired) electrons. The molecule has 9 nitrogen and oxygen atoms in total. The van der Waals surface area contributed by atoms with E-state index >= 15 is 0 Å². The summed E-state index contributed by atoms with van der Waals surface area (Å²) in [6.07, 6.45) is 1.41. The van der Waals surface area contributed by atoms with E-state index in [1.54, 1.807) is 20.3 Å². The van der Waals surface area contributed by atoms with Gasteiger partial charge in [-0.15, -0.1) is 0 Å². The molecular weight excluding hydrogens is 400 g/mol. The molecule has 0 spiro atoms. The van der Waals surface area contributed by atoms with Crippen molar-refractivity contribution in [2.75, 3.05) is 19.5 Å². The number of non-ortho nitro benzene ring substituents is 1. The van der Waals surface area contributed by atoms with Crippen LogP contribution in [0.3, 0.4) is 0 Å². The summed E-state index contributed by atoms with van der Waals surface area (Å²) >= 11 is 6.23. The van der Waals surface area contributed by atoms with E-state index in [1.807, 2.05) is 12.1 Å². The van der Waals surface area contributed by atoms with Crippen LogP contribution in [-0.4, -0.2) is 28.9 Å². The van der Waals surface area contributed by atoms with Crippen LogP contribution >= 0.6 is 11.6 Å². The Hall–Kier alpha value is -3.59. The van der Waals surface area contributed by atoms with Gasteiger partial charge in [0.25, 0.3) is 11.2 Å². The predicted molar refractivity (Wildman–Crippen MR) is 108 cm³/mol. The fraction of sp³-hybridized carbons (Fsp3) is 0.158. The first-order chi connectivity index (χ1) is 14.0. The number of halogens is 1. The van der Waals surface area contributed by atoms with E-state index < -0.39 is 10.5 Å². The number of anilines is 1. The number of nitrogens with one attached hydrogen (secondary N) is 1. The third-order valence-corrected chi connectivity index (χ3v) is 4.54.